The summed E-state index contributed by atoms with van der Waals surface area (Å²) in [4.78, 5) is 12.2. The Morgan fingerprint density at radius 3 is 2.70 bits per heavy atom. The minimum Gasteiger partial charge on any atom is -0.399 e. The van der Waals surface area contributed by atoms with Crippen LogP contribution in [0, 0.1) is 18.3 Å². The Balaban J connectivity index is 2.32. The van der Waals surface area contributed by atoms with Crippen molar-refractivity contribution >= 4 is 28.9 Å². The number of nitrogen functional groups attached to an aromatic ring is 1. The third-order valence-electron chi connectivity index (χ3n) is 2.71. The van der Waals surface area contributed by atoms with E-state index >= 15 is 0 Å². The molecule has 2 aromatic carbocycles. The van der Waals surface area contributed by atoms with Crippen molar-refractivity contribution in [2.24, 2.45) is 0 Å². The van der Waals surface area contributed by atoms with E-state index in [0.29, 0.717) is 27.5 Å². The molecule has 0 fully saturated rings. The topological polar surface area (TPSA) is 78.9 Å². The second-order valence-electron chi connectivity index (χ2n) is 4.39. The van der Waals surface area contributed by atoms with E-state index in [2.05, 4.69) is 5.32 Å². The number of carbonyl (C=O) groups is 1. The number of nitrogens with one attached hydrogen (secondary N) is 1. The van der Waals surface area contributed by atoms with Crippen LogP contribution < -0.4 is 11.1 Å². The van der Waals surface area contributed by atoms with Crippen LogP contribution in [0.25, 0.3) is 0 Å². The SMILES string of the molecule is Cc1cc(N)cc(C(=O)Nc2cc(Cl)ccc2C#N)c1. The number of hydrogen-bond acceptors (Lipinski definition) is 3. The Bertz CT molecular complexity index is 699. The number of nitriles is 1. The second-order valence-corrected chi connectivity index (χ2v) is 4.82. The highest BCUT2D eigenvalue weighted by Gasteiger charge is 2.10. The number of carbonyl (C=O) groups excluding carboxylic acids is 1. The van der Waals surface area contributed by atoms with Crippen molar-refractivity contribution in [2.45, 2.75) is 6.92 Å². The van der Waals surface area contributed by atoms with Gasteiger partial charge in [-0.3, -0.25) is 4.79 Å². The Morgan fingerprint density at radius 2 is 2.05 bits per heavy atom. The molecule has 0 atom stereocenters. The van der Waals surface area contributed by atoms with Crippen LogP contribution >= 0.6 is 11.6 Å². The minimum absolute atomic E-state index is 0.334. The van der Waals surface area contributed by atoms with Crippen LogP contribution in [0.5, 0.6) is 0 Å². The van der Waals surface area contributed by atoms with Crippen molar-refractivity contribution in [3.63, 3.8) is 0 Å². The smallest absolute Gasteiger partial charge is 0.255 e. The fourth-order valence-electron chi connectivity index (χ4n) is 1.86. The molecule has 5 heteroatoms. The number of aryl methyl sites for hydroxylation is 1. The molecule has 0 aliphatic carbocycles. The summed E-state index contributed by atoms with van der Waals surface area (Å²) in [7, 11) is 0. The molecule has 3 N–H and O–H groups in total. The lowest BCUT2D eigenvalue weighted by molar-refractivity contribution is 0.102. The number of rotatable bonds is 2. The van der Waals surface area contributed by atoms with Crippen molar-refractivity contribution in [1.82, 2.24) is 0 Å². The Morgan fingerprint density at radius 1 is 1.30 bits per heavy atom. The van der Waals surface area contributed by atoms with Gasteiger partial charge in [-0.2, -0.15) is 5.26 Å². The van der Waals surface area contributed by atoms with E-state index in [-0.39, 0.29) is 5.91 Å². The van der Waals surface area contributed by atoms with Gasteiger partial charge in [0.05, 0.1) is 11.3 Å². The van der Waals surface area contributed by atoms with Crippen LogP contribution in [-0.4, -0.2) is 5.91 Å². The summed E-state index contributed by atoms with van der Waals surface area (Å²) in [5.41, 5.74) is 8.29. The minimum atomic E-state index is -0.334. The zero-order chi connectivity index (χ0) is 14.7. The van der Waals surface area contributed by atoms with Gasteiger partial charge in [0.25, 0.3) is 5.91 Å². The van der Waals surface area contributed by atoms with Crippen LogP contribution in [0.2, 0.25) is 5.02 Å². The van der Waals surface area contributed by atoms with Crippen molar-refractivity contribution in [2.75, 3.05) is 11.1 Å². The van der Waals surface area contributed by atoms with Crippen molar-refractivity contribution in [3.8, 4) is 6.07 Å². The molecule has 20 heavy (non-hydrogen) atoms. The fourth-order valence-corrected chi connectivity index (χ4v) is 2.03. The molecule has 0 radical (unpaired) electrons. The molecule has 0 unspecified atom stereocenters. The number of nitrogens with two attached hydrogens (primary N) is 1. The number of amides is 1. The number of halogens is 1. The van der Waals surface area contributed by atoms with Gasteiger partial charge in [-0.15, -0.1) is 0 Å². The number of anilines is 2. The van der Waals surface area contributed by atoms with E-state index in [4.69, 9.17) is 22.6 Å². The molecule has 1 amide bonds. The molecule has 0 spiro atoms. The summed E-state index contributed by atoms with van der Waals surface area (Å²) in [6.07, 6.45) is 0. The number of hydrogen-bond donors (Lipinski definition) is 2. The van der Waals surface area contributed by atoms with E-state index in [1.807, 2.05) is 13.0 Å². The van der Waals surface area contributed by atoms with Gasteiger partial charge in [-0.25, -0.2) is 0 Å². The zero-order valence-electron chi connectivity index (χ0n) is 10.8. The van der Waals surface area contributed by atoms with Crippen LogP contribution in [0.1, 0.15) is 21.5 Å². The van der Waals surface area contributed by atoms with Gasteiger partial charge >= 0.3 is 0 Å². The molecule has 0 aliphatic rings. The quantitative estimate of drug-likeness (QED) is 0.831. The number of nitrogens with zero attached hydrogens (tertiary/aromatic N) is 1. The molecule has 0 saturated carbocycles. The van der Waals surface area contributed by atoms with Gasteiger partial charge in [0.2, 0.25) is 0 Å². The highest BCUT2D eigenvalue weighted by Crippen LogP contribution is 2.21. The fraction of sp³-hybridized carbons (Fsp3) is 0.0667. The van der Waals surface area contributed by atoms with Crippen LogP contribution in [0.4, 0.5) is 11.4 Å². The average molecular weight is 286 g/mol. The summed E-state index contributed by atoms with van der Waals surface area (Å²) in [6, 6.07) is 11.8. The first-order valence-corrected chi connectivity index (χ1v) is 6.25. The van der Waals surface area contributed by atoms with E-state index < -0.39 is 0 Å². The standard InChI is InChI=1S/C15H12ClN3O/c1-9-4-11(6-13(18)5-9)15(20)19-14-7-12(16)3-2-10(14)8-17/h2-7H,18H2,1H3,(H,19,20). The maximum atomic E-state index is 12.2. The Labute approximate surface area is 121 Å². The van der Waals surface area contributed by atoms with Gasteiger partial charge in [0, 0.05) is 16.3 Å². The molecule has 4 nitrogen and oxygen atoms in total. The summed E-state index contributed by atoms with van der Waals surface area (Å²) in [6.45, 7) is 1.85. The largest absolute Gasteiger partial charge is 0.399 e. The average Bonchev–Trinajstić information content (AvgIpc) is 2.37. The highest BCUT2D eigenvalue weighted by atomic mass is 35.5. The van der Waals surface area contributed by atoms with Gasteiger partial charge in [-0.1, -0.05) is 11.6 Å². The van der Waals surface area contributed by atoms with Gasteiger partial charge < -0.3 is 11.1 Å². The van der Waals surface area contributed by atoms with Crippen LogP contribution in [0.15, 0.2) is 36.4 Å². The van der Waals surface area contributed by atoms with E-state index in [1.165, 1.54) is 6.07 Å². The van der Waals surface area contributed by atoms with E-state index in [9.17, 15) is 4.79 Å². The van der Waals surface area contributed by atoms with Crippen LogP contribution in [0.3, 0.4) is 0 Å². The van der Waals surface area contributed by atoms with Crippen molar-refractivity contribution < 1.29 is 4.79 Å². The molecule has 0 aromatic heterocycles. The lowest BCUT2D eigenvalue weighted by Gasteiger charge is -2.09. The monoisotopic (exact) mass is 285 g/mol. The molecule has 100 valence electrons. The summed E-state index contributed by atoms with van der Waals surface area (Å²) in [5, 5.41) is 12.1. The summed E-state index contributed by atoms with van der Waals surface area (Å²) < 4.78 is 0. The van der Waals surface area contributed by atoms with Gasteiger partial charge in [-0.05, 0) is 48.9 Å². The molecule has 0 aliphatic heterocycles. The van der Waals surface area contributed by atoms with Gasteiger partial charge in [0.15, 0.2) is 0 Å². The predicted molar refractivity (Wildman–Crippen MR) is 79.7 cm³/mol. The van der Waals surface area contributed by atoms with Gasteiger partial charge in [0.1, 0.15) is 6.07 Å². The predicted octanol–water partition coefficient (Wildman–Crippen LogP) is 3.35. The molecule has 2 aromatic rings. The zero-order valence-corrected chi connectivity index (χ0v) is 11.5. The van der Waals surface area contributed by atoms with Crippen molar-refractivity contribution in [1.29, 1.82) is 5.26 Å². The van der Waals surface area contributed by atoms with E-state index in [0.717, 1.165) is 5.56 Å². The lowest BCUT2D eigenvalue weighted by Crippen LogP contribution is -2.13. The maximum absolute atomic E-state index is 12.2. The number of benzene rings is 2. The summed E-state index contributed by atoms with van der Waals surface area (Å²) in [5.74, 6) is -0.334. The normalized spacial score (nSPS) is 9.85. The molecule has 0 heterocycles. The molecular weight excluding hydrogens is 274 g/mol. The van der Waals surface area contributed by atoms with E-state index in [1.54, 1.807) is 30.3 Å². The third-order valence-corrected chi connectivity index (χ3v) is 2.95. The molecular formula is C15H12ClN3O. The summed E-state index contributed by atoms with van der Waals surface area (Å²) >= 11 is 5.87. The maximum Gasteiger partial charge on any atom is 0.255 e. The third kappa shape index (κ3) is 3.08. The van der Waals surface area contributed by atoms with Crippen LogP contribution in [-0.2, 0) is 0 Å². The lowest BCUT2D eigenvalue weighted by atomic mass is 10.1. The van der Waals surface area contributed by atoms with Crippen molar-refractivity contribution in [3.05, 3.63) is 58.1 Å². The second kappa shape index (κ2) is 5.64. The molecule has 0 bridgehead atoms. The molecule has 0 saturated heterocycles. The Kier molecular flexibility index (Phi) is 3.92. The first-order valence-electron chi connectivity index (χ1n) is 5.88. The first-order chi connectivity index (χ1) is 9.49. The first kappa shape index (κ1) is 13.9. The Hall–Kier alpha value is -2.51. The highest BCUT2D eigenvalue weighted by molar-refractivity contribution is 6.31. The molecule has 2 rings (SSSR count).